The second kappa shape index (κ2) is 6.10. The molecule has 2 N–H and O–H groups in total. The average molecular weight is 374 g/mol. The number of halogens is 2. The van der Waals surface area contributed by atoms with Crippen LogP contribution in [0, 0.1) is 0 Å². The first-order valence-electron chi connectivity index (χ1n) is 7.68. The predicted molar refractivity (Wildman–Crippen MR) is 99.3 cm³/mol. The summed E-state index contributed by atoms with van der Waals surface area (Å²) in [5, 5.41) is 4.92. The van der Waals surface area contributed by atoms with Gasteiger partial charge in [0.05, 0.1) is 17.1 Å². The van der Waals surface area contributed by atoms with Crippen molar-refractivity contribution in [2.75, 3.05) is 10.2 Å². The first-order valence-corrected chi connectivity index (χ1v) is 8.44. The minimum Gasteiger partial charge on any atom is -0.373 e. The van der Waals surface area contributed by atoms with Crippen LogP contribution in [0.3, 0.4) is 0 Å². The van der Waals surface area contributed by atoms with Gasteiger partial charge in [0.25, 0.3) is 5.91 Å². The quantitative estimate of drug-likeness (QED) is 0.675. The van der Waals surface area contributed by atoms with Gasteiger partial charge < -0.3 is 10.3 Å². The van der Waals surface area contributed by atoms with Gasteiger partial charge in [-0.1, -0.05) is 29.3 Å². The van der Waals surface area contributed by atoms with Crippen LogP contribution in [-0.2, 0) is 9.59 Å². The van der Waals surface area contributed by atoms with Crippen molar-refractivity contribution in [2.24, 2.45) is 0 Å². The van der Waals surface area contributed by atoms with Crippen molar-refractivity contribution in [1.29, 1.82) is 0 Å². The van der Waals surface area contributed by atoms with Crippen molar-refractivity contribution < 1.29 is 9.59 Å². The summed E-state index contributed by atoms with van der Waals surface area (Å²) in [6.45, 7) is 0. The Morgan fingerprint density at radius 3 is 2.72 bits per heavy atom. The third-order valence-electron chi connectivity index (χ3n) is 4.19. The van der Waals surface area contributed by atoms with Crippen LogP contribution in [-0.4, -0.2) is 22.8 Å². The van der Waals surface area contributed by atoms with Gasteiger partial charge in [-0.25, -0.2) is 4.90 Å². The van der Waals surface area contributed by atoms with E-state index < -0.39 is 6.04 Å². The number of carbonyl (C=O) groups is 2. The summed E-state index contributed by atoms with van der Waals surface area (Å²) >= 11 is 12.0. The number of aromatic amines is 1. The fourth-order valence-corrected chi connectivity index (χ4v) is 3.49. The van der Waals surface area contributed by atoms with Crippen molar-refractivity contribution in [1.82, 2.24) is 4.98 Å². The van der Waals surface area contributed by atoms with Gasteiger partial charge in [-0.2, -0.15) is 0 Å². The molecule has 25 heavy (non-hydrogen) atoms. The van der Waals surface area contributed by atoms with E-state index in [4.69, 9.17) is 23.2 Å². The Morgan fingerprint density at radius 1 is 1.08 bits per heavy atom. The molecule has 0 bridgehead atoms. The number of aromatic nitrogens is 1. The first kappa shape index (κ1) is 16.0. The number of amides is 2. The van der Waals surface area contributed by atoms with Crippen LogP contribution < -0.4 is 10.2 Å². The van der Waals surface area contributed by atoms with Crippen LogP contribution in [0.1, 0.15) is 6.42 Å². The number of imide groups is 1. The van der Waals surface area contributed by atoms with E-state index in [-0.39, 0.29) is 23.3 Å². The Morgan fingerprint density at radius 2 is 1.92 bits per heavy atom. The molecule has 1 fully saturated rings. The number of H-pyrrole nitrogens is 1. The molecule has 0 spiro atoms. The van der Waals surface area contributed by atoms with Crippen LogP contribution in [0.4, 0.5) is 11.4 Å². The largest absolute Gasteiger partial charge is 0.373 e. The van der Waals surface area contributed by atoms with Gasteiger partial charge in [0.1, 0.15) is 6.04 Å². The maximum Gasteiger partial charge on any atom is 0.256 e. The average Bonchev–Trinajstić information content (AvgIpc) is 3.13. The van der Waals surface area contributed by atoms with Crippen molar-refractivity contribution in [3.63, 3.8) is 0 Å². The highest BCUT2D eigenvalue weighted by molar-refractivity contribution is 6.38. The minimum absolute atomic E-state index is 0.0700. The molecule has 1 atom stereocenters. The maximum atomic E-state index is 12.7. The van der Waals surface area contributed by atoms with E-state index >= 15 is 0 Å². The summed E-state index contributed by atoms with van der Waals surface area (Å²) in [5.41, 5.74) is 2.08. The molecule has 0 unspecified atom stereocenters. The van der Waals surface area contributed by atoms with Crippen molar-refractivity contribution in [3.05, 3.63) is 58.7 Å². The molecule has 2 heterocycles. The number of rotatable bonds is 3. The number of fused-ring (bicyclic) bond motifs is 1. The summed E-state index contributed by atoms with van der Waals surface area (Å²) in [4.78, 5) is 29.3. The number of hydrogen-bond donors (Lipinski definition) is 2. The Labute approximate surface area is 153 Å². The second-order valence-corrected chi connectivity index (χ2v) is 6.69. The van der Waals surface area contributed by atoms with Crippen molar-refractivity contribution >= 4 is 57.3 Å². The zero-order valence-corrected chi connectivity index (χ0v) is 14.4. The molecule has 2 aromatic carbocycles. The fourth-order valence-electron chi connectivity index (χ4n) is 3.00. The van der Waals surface area contributed by atoms with Crippen LogP contribution in [0.2, 0.25) is 10.0 Å². The minimum atomic E-state index is -0.633. The number of hydrogen-bond acceptors (Lipinski definition) is 3. The van der Waals surface area contributed by atoms with Gasteiger partial charge in [-0.3, -0.25) is 9.59 Å². The molecule has 1 aliphatic heterocycles. The third kappa shape index (κ3) is 2.86. The fraction of sp³-hybridized carbons (Fsp3) is 0.111. The standard InChI is InChI=1S/C18H13Cl2N3O2/c19-11-2-4-16(13(20)7-11)23-17(24)9-15(18(23)25)22-12-3-1-10-5-6-21-14(10)8-12/h1-8,15,21-22H,9H2/t15-/m0/s1. The normalized spacial score (nSPS) is 17.5. The number of benzene rings is 2. The van der Waals surface area contributed by atoms with Crippen LogP contribution in [0.25, 0.3) is 10.9 Å². The summed E-state index contributed by atoms with van der Waals surface area (Å²) in [6.07, 6.45) is 1.92. The Hall–Kier alpha value is -2.50. The molecule has 0 aliphatic carbocycles. The van der Waals surface area contributed by atoms with Gasteiger partial charge in [0.15, 0.2) is 0 Å². The topological polar surface area (TPSA) is 65.2 Å². The zero-order chi connectivity index (χ0) is 17.6. The summed E-state index contributed by atoms with van der Waals surface area (Å²) < 4.78 is 0. The molecule has 1 aliphatic rings. The molecular weight excluding hydrogens is 361 g/mol. The molecule has 3 aromatic rings. The summed E-state index contributed by atoms with van der Waals surface area (Å²) in [6, 6.07) is 11.8. The Bertz CT molecular complexity index is 999. The molecule has 0 radical (unpaired) electrons. The lowest BCUT2D eigenvalue weighted by molar-refractivity contribution is -0.121. The number of carbonyl (C=O) groups excluding carboxylic acids is 2. The number of nitrogens with zero attached hydrogens (tertiary/aromatic N) is 1. The van der Waals surface area contributed by atoms with E-state index in [2.05, 4.69) is 10.3 Å². The highest BCUT2D eigenvalue weighted by Gasteiger charge is 2.40. The van der Waals surface area contributed by atoms with Crippen LogP contribution in [0.5, 0.6) is 0 Å². The lowest BCUT2D eigenvalue weighted by atomic mass is 10.2. The third-order valence-corrected chi connectivity index (χ3v) is 4.73. The van der Waals surface area contributed by atoms with Crippen LogP contribution in [0.15, 0.2) is 48.7 Å². The smallest absolute Gasteiger partial charge is 0.256 e. The molecule has 7 heteroatoms. The summed E-state index contributed by atoms with van der Waals surface area (Å²) in [7, 11) is 0. The van der Waals surface area contributed by atoms with Gasteiger partial charge in [0, 0.05) is 22.4 Å². The van der Waals surface area contributed by atoms with Crippen molar-refractivity contribution in [2.45, 2.75) is 12.5 Å². The summed E-state index contributed by atoms with van der Waals surface area (Å²) in [5.74, 6) is -0.631. The van der Waals surface area contributed by atoms with E-state index in [0.29, 0.717) is 10.7 Å². The molecule has 2 amide bonds. The van der Waals surface area contributed by atoms with E-state index in [1.807, 2.05) is 30.5 Å². The molecule has 126 valence electrons. The Balaban J connectivity index is 1.60. The molecule has 0 saturated carbocycles. The molecule has 5 nitrogen and oxygen atoms in total. The van der Waals surface area contributed by atoms with Crippen molar-refractivity contribution in [3.8, 4) is 0 Å². The highest BCUT2D eigenvalue weighted by atomic mass is 35.5. The molecule has 1 aromatic heterocycles. The van der Waals surface area contributed by atoms with Gasteiger partial charge in [-0.15, -0.1) is 0 Å². The van der Waals surface area contributed by atoms with E-state index in [0.717, 1.165) is 21.5 Å². The number of nitrogens with one attached hydrogen (secondary N) is 2. The van der Waals surface area contributed by atoms with Gasteiger partial charge in [-0.05, 0) is 41.8 Å². The van der Waals surface area contributed by atoms with Crippen LogP contribution >= 0.6 is 23.2 Å². The van der Waals surface area contributed by atoms with Gasteiger partial charge in [0.2, 0.25) is 5.91 Å². The van der Waals surface area contributed by atoms with E-state index in [1.54, 1.807) is 12.1 Å². The Kier molecular flexibility index (Phi) is 3.90. The second-order valence-electron chi connectivity index (χ2n) is 5.84. The monoisotopic (exact) mass is 373 g/mol. The molecular formula is C18H13Cl2N3O2. The highest BCUT2D eigenvalue weighted by Crippen LogP contribution is 2.33. The lowest BCUT2D eigenvalue weighted by Crippen LogP contribution is -2.35. The molecule has 4 rings (SSSR count). The number of anilines is 2. The van der Waals surface area contributed by atoms with E-state index in [9.17, 15) is 9.59 Å². The first-order chi connectivity index (χ1) is 12.0. The van der Waals surface area contributed by atoms with Gasteiger partial charge >= 0.3 is 0 Å². The van der Waals surface area contributed by atoms with E-state index in [1.165, 1.54) is 6.07 Å². The SMILES string of the molecule is O=C1C[C@H](Nc2ccc3cc[nH]c3c2)C(=O)N1c1ccc(Cl)cc1Cl. The molecule has 1 saturated heterocycles. The zero-order valence-electron chi connectivity index (χ0n) is 12.9. The maximum absolute atomic E-state index is 12.7. The lowest BCUT2D eigenvalue weighted by Gasteiger charge is -2.17. The predicted octanol–water partition coefficient (Wildman–Crippen LogP) is 4.22.